The zero-order valence-corrected chi connectivity index (χ0v) is 12.2. The fourth-order valence-electron chi connectivity index (χ4n) is 2.47. The van der Waals surface area contributed by atoms with E-state index in [1.165, 1.54) is 13.2 Å². The lowest BCUT2D eigenvalue weighted by Gasteiger charge is -2.27. The Bertz CT molecular complexity index is 470. The number of benzene rings is 1. The van der Waals surface area contributed by atoms with Crippen LogP contribution in [-0.2, 0) is 16.0 Å². The van der Waals surface area contributed by atoms with Crippen molar-refractivity contribution in [2.45, 2.75) is 31.3 Å². The molecule has 2 unspecified atom stereocenters. The molecular weight excluding hydrogens is 283 g/mol. The van der Waals surface area contributed by atoms with Crippen LogP contribution in [0.5, 0.6) is 0 Å². The van der Waals surface area contributed by atoms with E-state index >= 15 is 0 Å². The molecule has 1 aromatic rings. The number of hydrogen-bond acceptors (Lipinski definition) is 3. The molecule has 1 aromatic carbocycles. The molecule has 0 spiro atoms. The summed E-state index contributed by atoms with van der Waals surface area (Å²) in [5, 5.41) is 2.91. The van der Waals surface area contributed by atoms with Gasteiger partial charge in [0.2, 0.25) is 5.91 Å². The van der Waals surface area contributed by atoms with Crippen molar-refractivity contribution in [2.24, 2.45) is 5.73 Å². The monoisotopic (exact) mass is 302 g/mol. The highest BCUT2D eigenvalue weighted by molar-refractivity contribution is 5.85. The summed E-state index contributed by atoms with van der Waals surface area (Å²) in [6, 6.07) is 3.97. The quantitative estimate of drug-likeness (QED) is 0.890. The first-order valence-corrected chi connectivity index (χ1v) is 6.45. The first-order chi connectivity index (χ1) is 9.11. The topological polar surface area (TPSA) is 64.3 Å². The maximum Gasteiger partial charge on any atom is 0.239 e. The van der Waals surface area contributed by atoms with E-state index in [4.69, 9.17) is 10.5 Å². The molecule has 0 aliphatic heterocycles. The Morgan fingerprint density at radius 3 is 3.05 bits per heavy atom. The molecule has 0 bridgehead atoms. The Balaban J connectivity index is 0.00000200. The highest BCUT2D eigenvalue weighted by Gasteiger charge is 2.24. The summed E-state index contributed by atoms with van der Waals surface area (Å²) in [5.74, 6) is -0.467. The fourth-order valence-corrected chi connectivity index (χ4v) is 2.47. The molecule has 112 valence electrons. The number of hydrogen-bond donors (Lipinski definition) is 2. The first-order valence-electron chi connectivity index (χ1n) is 6.45. The van der Waals surface area contributed by atoms with E-state index in [-0.39, 0.29) is 36.8 Å². The van der Waals surface area contributed by atoms with Gasteiger partial charge in [-0.3, -0.25) is 4.79 Å². The molecule has 4 nitrogen and oxygen atoms in total. The summed E-state index contributed by atoms with van der Waals surface area (Å²) >= 11 is 0. The van der Waals surface area contributed by atoms with Crippen LogP contribution in [0.3, 0.4) is 0 Å². The van der Waals surface area contributed by atoms with Gasteiger partial charge in [-0.2, -0.15) is 0 Å². The van der Waals surface area contributed by atoms with Gasteiger partial charge >= 0.3 is 0 Å². The predicted octanol–water partition coefficient (Wildman–Crippen LogP) is 1.71. The van der Waals surface area contributed by atoms with Crippen LogP contribution in [0, 0.1) is 5.82 Å². The fraction of sp³-hybridized carbons (Fsp3) is 0.500. The lowest BCUT2D eigenvalue weighted by molar-refractivity contribution is -0.124. The minimum absolute atomic E-state index is 0. The van der Waals surface area contributed by atoms with Gasteiger partial charge in [0.1, 0.15) is 11.9 Å². The van der Waals surface area contributed by atoms with Crippen LogP contribution in [0.15, 0.2) is 18.2 Å². The lowest BCUT2D eigenvalue weighted by Crippen LogP contribution is -2.45. The molecule has 2 rings (SSSR count). The second-order valence-corrected chi connectivity index (χ2v) is 4.86. The number of carbonyl (C=O) groups excluding carboxylic acids is 1. The van der Waals surface area contributed by atoms with E-state index in [1.54, 1.807) is 12.1 Å². The lowest BCUT2D eigenvalue weighted by atomic mass is 9.87. The average Bonchev–Trinajstić information content (AvgIpc) is 2.38. The normalized spacial score (nSPS) is 18.6. The molecule has 0 radical (unpaired) electrons. The van der Waals surface area contributed by atoms with E-state index in [0.717, 1.165) is 30.4 Å². The molecule has 0 saturated carbocycles. The highest BCUT2D eigenvalue weighted by atomic mass is 35.5. The molecule has 0 saturated heterocycles. The Kier molecular flexibility index (Phi) is 6.39. The standard InChI is InChI=1S/C14H19FN2O2.ClH/c1-19-8-12(16)14(18)17-13-4-2-3-9-7-10(15)5-6-11(9)13;/h5-7,12-13H,2-4,8,16H2,1H3,(H,17,18);1H. The van der Waals surface area contributed by atoms with Crippen molar-refractivity contribution < 1.29 is 13.9 Å². The van der Waals surface area contributed by atoms with Gasteiger partial charge in [-0.05, 0) is 42.5 Å². The van der Waals surface area contributed by atoms with E-state index in [0.29, 0.717) is 0 Å². The maximum absolute atomic E-state index is 13.2. The highest BCUT2D eigenvalue weighted by Crippen LogP contribution is 2.30. The molecular formula is C14H20ClFN2O2. The van der Waals surface area contributed by atoms with Crippen LogP contribution in [0.2, 0.25) is 0 Å². The first kappa shape index (κ1) is 16.9. The van der Waals surface area contributed by atoms with Crippen molar-refractivity contribution in [1.82, 2.24) is 5.32 Å². The van der Waals surface area contributed by atoms with Crippen molar-refractivity contribution in [3.63, 3.8) is 0 Å². The maximum atomic E-state index is 13.2. The number of carbonyl (C=O) groups is 1. The van der Waals surface area contributed by atoms with Gasteiger partial charge in [0, 0.05) is 7.11 Å². The van der Waals surface area contributed by atoms with Crippen LogP contribution in [0.25, 0.3) is 0 Å². The van der Waals surface area contributed by atoms with Crippen molar-refractivity contribution >= 4 is 18.3 Å². The number of nitrogens with two attached hydrogens (primary N) is 1. The van der Waals surface area contributed by atoms with Gasteiger partial charge in [-0.25, -0.2) is 4.39 Å². The van der Waals surface area contributed by atoms with Crippen molar-refractivity contribution in [3.05, 3.63) is 35.1 Å². The number of rotatable bonds is 4. The largest absolute Gasteiger partial charge is 0.383 e. The summed E-state index contributed by atoms with van der Waals surface area (Å²) in [4.78, 5) is 11.9. The average molecular weight is 303 g/mol. The number of nitrogens with one attached hydrogen (secondary N) is 1. The second kappa shape index (κ2) is 7.57. The number of aryl methyl sites for hydroxylation is 1. The van der Waals surface area contributed by atoms with Crippen molar-refractivity contribution in [3.8, 4) is 0 Å². The number of halogens is 2. The minimum Gasteiger partial charge on any atom is -0.383 e. The van der Waals surface area contributed by atoms with Crippen LogP contribution in [-0.4, -0.2) is 25.7 Å². The third-order valence-electron chi connectivity index (χ3n) is 3.42. The van der Waals surface area contributed by atoms with E-state index in [9.17, 15) is 9.18 Å². The zero-order valence-electron chi connectivity index (χ0n) is 11.4. The third-order valence-corrected chi connectivity index (χ3v) is 3.42. The molecule has 1 aliphatic rings. The molecule has 2 atom stereocenters. The summed E-state index contributed by atoms with van der Waals surface area (Å²) in [6.07, 6.45) is 2.63. The van der Waals surface area contributed by atoms with Crippen LogP contribution >= 0.6 is 12.4 Å². The van der Waals surface area contributed by atoms with Gasteiger partial charge in [0.05, 0.1) is 12.6 Å². The summed E-state index contributed by atoms with van der Waals surface area (Å²) in [7, 11) is 1.51. The van der Waals surface area contributed by atoms with E-state index in [2.05, 4.69) is 5.32 Å². The van der Waals surface area contributed by atoms with E-state index < -0.39 is 6.04 Å². The molecule has 1 aliphatic carbocycles. The SMILES string of the molecule is COCC(N)C(=O)NC1CCCc2cc(F)ccc21.Cl. The Hall–Kier alpha value is -1.17. The number of methoxy groups -OCH3 is 1. The minimum atomic E-state index is -0.671. The predicted molar refractivity (Wildman–Crippen MR) is 77.3 cm³/mol. The molecule has 0 fully saturated rings. The van der Waals surface area contributed by atoms with Gasteiger partial charge in [0.25, 0.3) is 0 Å². The summed E-state index contributed by atoms with van der Waals surface area (Å²) < 4.78 is 18.1. The van der Waals surface area contributed by atoms with Crippen molar-refractivity contribution in [1.29, 1.82) is 0 Å². The van der Waals surface area contributed by atoms with Gasteiger partial charge in [0.15, 0.2) is 0 Å². The molecule has 20 heavy (non-hydrogen) atoms. The Morgan fingerprint density at radius 2 is 2.35 bits per heavy atom. The van der Waals surface area contributed by atoms with Gasteiger partial charge < -0.3 is 15.8 Å². The number of ether oxygens (including phenoxy) is 1. The smallest absolute Gasteiger partial charge is 0.239 e. The third kappa shape index (κ3) is 3.91. The van der Waals surface area contributed by atoms with Gasteiger partial charge in [-0.1, -0.05) is 6.07 Å². The zero-order chi connectivity index (χ0) is 13.8. The number of fused-ring (bicyclic) bond motifs is 1. The number of amides is 1. The molecule has 1 amide bonds. The second-order valence-electron chi connectivity index (χ2n) is 4.86. The van der Waals surface area contributed by atoms with Crippen molar-refractivity contribution in [2.75, 3.05) is 13.7 Å². The summed E-state index contributed by atoms with van der Waals surface area (Å²) in [5.41, 5.74) is 7.65. The Morgan fingerprint density at radius 1 is 1.60 bits per heavy atom. The Labute approximate surface area is 124 Å². The van der Waals surface area contributed by atoms with E-state index in [1.807, 2.05) is 0 Å². The molecule has 0 aromatic heterocycles. The van der Waals surface area contributed by atoms with Gasteiger partial charge in [-0.15, -0.1) is 12.4 Å². The molecule has 3 N–H and O–H groups in total. The molecule has 0 heterocycles. The summed E-state index contributed by atoms with van der Waals surface area (Å²) in [6.45, 7) is 0.189. The van der Waals surface area contributed by atoms with Crippen LogP contribution < -0.4 is 11.1 Å². The van der Waals surface area contributed by atoms with Crippen LogP contribution in [0.1, 0.15) is 30.0 Å². The molecule has 6 heteroatoms. The van der Waals surface area contributed by atoms with Crippen LogP contribution in [0.4, 0.5) is 4.39 Å².